The van der Waals surface area contributed by atoms with Crippen LogP contribution >= 0.6 is 0 Å². The van der Waals surface area contributed by atoms with Crippen LogP contribution < -0.4 is 10.2 Å². The van der Waals surface area contributed by atoms with E-state index in [-0.39, 0.29) is 11.9 Å². The number of pyridine rings is 1. The lowest BCUT2D eigenvalue weighted by Gasteiger charge is -2.35. The molecule has 1 aliphatic heterocycles. The van der Waals surface area contributed by atoms with Crippen LogP contribution in [-0.2, 0) is 9.53 Å². The Kier molecular flexibility index (Phi) is 4.11. The van der Waals surface area contributed by atoms with Crippen LogP contribution in [0, 0.1) is 6.92 Å². The number of anilines is 1. The second-order valence-electron chi connectivity index (χ2n) is 4.43. The van der Waals surface area contributed by atoms with Crippen LogP contribution in [0.2, 0.25) is 0 Å². The maximum absolute atomic E-state index is 11.9. The number of aromatic nitrogens is 1. The maximum atomic E-state index is 11.9. The number of ether oxygens (including phenoxy) is 1. The van der Waals surface area contributed by atoms with Gasteiger partial charge in [-0.25, -0.2) is 4.98 Å². The van der Waals surface area contributed by atoms with Crippen molar-refractivity contribution in [2.75, 3.05) is 31.7 Å². The molecule has 102 valence electrons. The van der Waals surface area contributed by atoms with E-state index in [9.17, 15) is 9.59 Å². The number of carbonyl (C=O) groups excluding carboxylic acids is 2. The average molecular weight is 263 g/mol. The van der Waals surface area contributed by atoms with E-state index in [1.54, 1.807) is 13.1 Å². The van der Waals surface area contributed by atoms with Crippen LogP contribution in [0.5, 0.6) is 0 Å². The molecule has 1 aliphatic rings. The highest BCUT2D eigenvalue weighted by atomic mass is 16.5. The minimum Gasteiger partial charge on any atom is -0.377 e. The average Bonchev–Trinajstić information content (AvgIpc) is 2.46. The Labute approximate surface area is 111 Å². The summed E-state index contributed by atoms with van der Waals surface area (Å²) in [5.74, 6) is 0.628. The summed E-state index contributed by atoms with van der Waals surface area (Å²) in [6, 6.07) is 1.39. The molecule has 1 unspecified atom stereocenters. The Hall–Kier alpha value is -1.95. The van der Waals surface area contributed by atoms with Crippen molar-refractivity contribution in [2.24, 2.45) is 0 Å². The van der Waals surface area contributed by atoms with Gasteiger partial charge in [0.15, 0.2) is 6.29 Å². The molecule has 1 aromatic rings. The summed E-state index contributed by atoms with van der Waals surface area (Å²) in [5, 5.41) is 2.63. The quantitative estimate of drug-likeness (QED) is 0.786. The van der Waals surface area contributed by atoms with Crippen molar-refractivity contribution >= 4 is 18.0 Å². The molecule has 2 heterocycles. The molecule has 1 fully saturated rings. The smallest absolute Gasteiger partial charge is 0.244 e. The fourth-order valence-corrected chi connectivity index (χ4v) is 2.20. The number of morpholine rings is 1. The van der Waals surface area contributed by atoms with Crippen molar-refractivity contribution in [3.05, 3.63) is 23.4 Å². The fraction of sp³-hybridized carbons (Fsp3) is 0.462. The summed E-state index contributed by atoms with van der Waals surface area (Å²) in [7, 11) is 1.60. The molecular formula is C13H17N3O3. The summed E-state index contributed by atoms with van der Waals surface area (Å²) in [4.78, 5) is 28.8. The van der Waals surface area contributed by atoms with E-state index in [1.807, 2.05) is 11.8 Å². The minimum absolute atomic E-state index is 0.0969. The molecular weight excluding hydrogens is 246 g/mol. The standard InChI is InChI=1S/C13H17N3O3/c1-9-5-10(7-17)6-15-12(9)16-3-4-19-8-11(16)13(18)14-2/h5-7,11H,3-4,8H2,1-2H3,(H,14,18). The van der Waals surface area contributed by atoms with Gasteiger partial charge in [-0.05, 0) is 18.6 Å². The van der Waals surface area contributed by atoms with Crippen molar-refractivity contribution in [1.29, 1.82) is 0 Å². The Morgan fingerprint density at radius 1 is 1.63 bits per heavy atom. The Balaban J connectivity index is 2.32. The van der Waals surface area contributed by atoms with Crippen molar-refractivity contribution in [3.8, 4) is 0 Å². The number of amides is 1. The van der Waals surface area contributed by atoms with Gasteiger partial charge in [0.2, 0.25) is 5.91 Å². The molecule has 0 radical (unpaired) electrons. The number of carbonyl (C=O) groups is 2. The van der Waals surface area contributed by atoms with Gasteiger partial charge in [-0.1, -0.05) is 0 Å². The van der Waals surface area contributed by atoms with E-state index in [1.165, 1.54) is 6.20 Å². The Morgan fingerprint density at radius 3 is 3.05 bits per heavy atom. The van der Waals surface area contributed by atoms with Crippen LogP contribution in [-0.4, -0.2) is 50.0 Å². The number of rotatable bonds is 3. The van der Waals surface area contributed by atoms with Gasteiger partial charge in [-0.2, -0.15) is 0 Å². The predicted octanol–water partition coefficient (Wildman–Crippen LogP) is 0.154. The van der Waals surface area contributed by atoms with Crippen LogP contribution in [0.3, 0.4) is 0 Å². The lowest BCUT2D eigenvalue weighted by atomic mass is 10.1. The zero-order valence-corrected chi connectivity index (χ0v) is 11.0. The van der Waals surface area contributed by atoms with E-state index in [0.717, 1.165) is 17.7 Å². The summed E-state index contributed by atoms with van der Waals surface area (Å²) >= 11 is 0. The number of hydrogen-bond acceptors (Lipinski definition) is 5. The molecule has 1 saturated heterocycles. The van der Waals surface area contributed by atoms with Gasteiger partial charge >= 0.3 is 0 Å². The number of hydrogen-bond donors (Lipinski definition) is 1. The van der Waals surface area contributed by atoms with Gasteiger partial charge in [0.05, 0.1) is 13.2 Å². The molecule has 0 spiro atoms. The third-order valence-corrected chi connectivity index (χ3v) is 3.16. The number of aldehydes is 1. The lowest BCUT2D eigenvalue weighted by molar-refractivity contribution is -0.124. The van der Waals surface area contributed by atoms with Crippen molar-refractivity contribution in [1.82, 2.24) is 10.3 Å². The number of nitrogens with zero attached hydrogens (tertiary/aromatic N) is 2. The fourth-order valence-electron chi connectivity index (χ4n) is 2.20. The second-order valence-corrected chi connectivity index (χ2v) is 4.43. The molecule has 0 aromatic carbocycles. The summed E-state index contributed by atoms with van der Waals surface area (Å²) in [6.07, 6.45) is 2.28. The molecule has 19 heavy (non-hydrogen) atoms. The molecule has 1 atom stereocenters. The minimum atomic E-state index is -0.382. The van der Waals surface area contributed by atoms with Gasteiger partial charge in [0, 0.05) is 25.4 Å². The zero-order chi connectivity index (χ0) is 13.8. The van der Waals surface area contributed by atoms with E-state index in [4.69, 9.17) is 4.74 Å². The van der Waals surface area contributed by atoms with E-state index < -0.39 is 0 Å². The SMILES string of the molecule is CNC(=O)C1COCCN1c1ncc(C=O)cc1C. The first-order valence-electron chi connectivity index (χ1n) is 6.15. The predicted molar refractivity (Wildman–Crippen MR) is 70.4 cm³/mol. The van der Waals surface area contributed by atoms with Gasteiger partial charge in [-0.15, -0.1) is 0 Å². The molecule has 1 aromatic heterocycles. The number of nitrogens with one attached hydrogen (secondary N) is 1. The molecule has 1 amide bonds. The molecule has 0 aliphatic carbocycles. The van der Waals surface area contributed by atoms with Gasteiger partial charge in [0.25, 0.3) is 0 Å². The zero-order valence-electron chi connectivity index (χ0n) is 11.0. The molecule has 2 rings (SSSR count). The van der Waals surface area contributed by atoms with Crippen LogP contribution in [0.15, 0.2) is 12.3 Å². The largest absolute Gasteiger partial charge is 0.377 e. The highest BCUT2D eigenvalue weighted by Crippen LogP contribution is 2.22. The normalized spacial score (nSPS) is 19.1. The highest BCUT2D eigenvalue weighted by molar-refractivity contribution is 5.85. The van der Waals surface area contributed by atoms with E-state index in [2.05, 4.69) is 10.3 Å². The first-order chi connectivity index (χ1) is 9.17. The molecule has 0 saturated carbocycles. The van der Waals surface area contributed by atoms with E-state index >= 15 is 0 Å². The van der Waals surface area contributed by atoms with Crippen molar-refractivity contribution < 1.29 is 14.3 Å². The van der Waals surface area contributed by atoms with Crippen molar-refractivity contribution in [3.63, 3.8) is 0 Å². The highest BCUT2D eigenvalue weighted by Gasteiger charge is 2.30. The summed E-state index contributed by atoms with van der Waals surface area (Å²) in [6.45, 7) is 3.39. The second kappa shape index (κ2) is 5.79. The van der Waals surface area contributed by atoms with Crippen LogP contribution in [0.1, 0.15) is 15.9 Å². The molecule has 6 heteroatoms. The Morgan fingerprint density at radius 2 is 2.42 bits per heavy atom. The van der Waals surface area contributed by atoms with Crippen LogP contribution in [0.25, 0.3) is 0 Å². The Bertz CT molecular complexity index is 490. The first-order valence-corrected chi connectivity index (χ1v) is 6.15. The molecule has 1 N–H and O–H groups in total. The summed E-state index contributed by atoms with van der Waals surface area (Å²) < 4.78 is 5.36. The third-order valence-electron chi connectivity index (χ3n) is 3.16. The van der Waals surface area contributed by atoms with Crippen molar-refractivity contribution in [2.45, 2.75) is 13.0 Å². The molecule has 0 bridgehead atoms. The van der Waals surface area contributed by atoms with Gasteiger partial charge in [0.1, 0.15) is 11.9 Å². The first kappa shape index (κ1) is 13.5. The van der Waals surface area contributed by atoms with E-state index in [0.29, 0.717) is 25.3 Å². The topological polar surface area (TPSA) is 71.5 Å². The van der Waals surface area contributed by atoms with Crippen LogP contribution in [0.4, 0.5) is 5.82 Å². The lowest BCUT2D eigenvalue weighted by Crippen LogP contribution is -2.53. The third kappa shape index (κ3) is 2.73. The van der Waals surface area contributed by atoms with Gasteiger partial charge in [-0.3, -0.25) is 9.59 Å². The number of likely N-dealkylation sites (N-methyl/N-ethyl adjacent to an activating group) is 1. The molecule has 6 nitrogen and oxygen atoms in total. The maximum Gasteiger partial charge on any atom is 0.244 e. The number of aryl methyl sites for hydroxylation is 1. The monoisotopic (exact) mass is 263 g/mol. The summed E-state index contributed by atoms with van der Waals surface area (Å²) in [5.41, 5.74) is 1.41. The van der Waals surface area contributed by atoms with Gasteiger partial charge < -0.3 is 15.0 Å².